The maximum absolute atomic E-state index is 12.1. The molecule has 0 aliphatic heterocycles. The summed E-state index contributed by atoms with van der Waals surface area (Å²) in [5, 5.41) is 5.58. The van der Waals surface area contributed by atoms with Crippen LogP contribution in [0.25, 0.3) is 0 Å². The Morgan fingerprint density at radius 1 is 1.12 bits per heavy atom. The molecule has 1 aliphatic rings. The summed E-state index contributed by atoms with van der Waals surface area (Å²) in [6, 6.07) is 5.81. The zero-order chi connectivity index (χ0) is 18.9. The highest BCUT2D eigenvalue weighted by Gasteiger charge is 2.20. The molecule has 141 valence electrons. The number of para-hydroxylation sites is 1. The quantitative estimate of drug-likeness (QED) is 0.530. The molecule has 1 aromatic rings. The number of carbonyl (C=O) groups excluding carboxylic acids is 3. The minimum atomic E-state index is -0.883. The van der Waals surface area contributed by atoms with Crippen LogP contribution >= 0.6 is 0 Å². The first-order chi connectivity index (χ1) is 12.5. The Balaban J connectivity index is 1.85. The zero-order valence-corrected chi connectivity index (χ0v) is 14.9. The summed E-state index contributed by atoms with van der Waals surface area (Å²) in [5.41, 5.74) is 11.5. The highest BCUT2D eigenvalue weighted by atomic mass is 16.2. The number of carbonyl (C=O) groups is 3. The fraction of sp³-hybridized carbons (Fsp3) is 0.474. The highest BCUT2D eigenvalue weighted by Crippen LogP contribution is 2.26. The number of primary amides is 2. The molecular formula is C19H27N4O3. The maximum atomic E-state index is 12.1. The number of nitrogens with one attached hydrogen (secondary N) is 2. The summed E-state index contributed by atoms with van der Waals surface area (Å²) in [7, 11) is 0. The third-order valence-electron chi connectivity index (χ3n) is 4.71. The Bertz CT molecular complexity index is 641. The molecule has 26 heavy (non-hydrogen) atoms. The SMILES string of the molecule is NC(=O)c1ccccc1NCC(NC(=O)[CH]CC1CCCCC1)C(N)=O. The molecule has 1 aliphatic carbocycles. The lowest BCUT2D eigenvalue weighted by molar-refractivity contribution is -0.125. The van der Waals surface area contributed by atoms with E-state index in [0.29, 0.717) is 17.2 Å². The van der Waals surface area contributed by atoms with E-state index in [2.05, 4.69) is 10.6 Å². The molecule has 1 unspecified atom stereocenters. The monoisotopic (exact) mass is 359 g/mol. The van der Waals surface area contributed by atoms with E-state index < -0.39 is 17.9 Å². The fourth-order valence-electron chi connectivity index (χ4n) is 3.21. The van der Waals surface area contributed by atoms with Gasteiger partial charge in [0.05, 0.1) is 5.56 Å². The summed E-state index contributed by atoms with van der Waals surface area (Å²) in [5.74, 6) is -0.978. The van der Waals surface area contributed by atoms with Crippen molar-refractivity contribution in [2.45, 2.75) is 44.6 Å². The molecule has 1 aromatic carbocycles. The smallest absolute Gasteiger partial charge is 0.250 e. The normalized spacial score (nSPS) is 15.8. The standard InChI is InChI=1S/C19H27N4O3/c20-18(25)14-8-4-5-9-15(14)22-12-16(19(21)26)23-17(24)11-10-13-6-2-1-3-7-13/h4-5,8-9,11,13,16,22H,1-3,6-7,10,12H2,(H2,20,25)(H2,21,26)(H,23,24). The van der Waals surface area contributed by atoms with Gasteiger partial charge in [-0.15, -0.1) is 0 Å². The summed E-state index contributed by atoms with van der Waals surface area (Å²) in [6.45, 7) is 0.0721. The Morgan fingerprint density at radius 3 is 2.46 bits per heavy atom. The molecule has 2 rings (SSSR count). The molecule has 7 heteroatoms. The predicted molar refractivity (Wildman–Crippen MR) is 100 cm³/mol. The lowest BCUT2D eigenvalue weighted by Gasteiger charge is -2.22. The first-order valence-electron chi connectivity index (χ1n) is 9.03. The van der Waals surface area contributed by atoms with Crippen molar-refractivity contribution in [3.05, 3.63) is 36.2 Å². The molecule has 7 nitrogen and oxygen atoms in total. The van der Waals surface area contributed by atoms with Crippen molar-refractivity contribution in [1.29, 1.82) is 0 Å². The summed E-state index contributed by atoms with van der Waals surface area (Å²) < 4.78 is 0. The number of rotatable bonds is 9. The fourth-order valence-corrected chi connectivity index (χ4v) is 3.21. The van der Waals surface area contributed by atoms with Gasteiger partial charge in [0, 0.05) is 18.7 Å². The van der Waals surface area contributed by atoms with Crippen LogP contribution in [0.1, 0.15) is 48.9 Å². The van der Waals surface area contributed by atoms with Crippen molar-refractivity contribution in [2.75, 3.05) is 11.9 Å². The van der Waals surface area contributed by atoms with Gasteiger partial charge in [0.15, 0.2) is 0 Å². The molecule has 0 heterocycles. The van der Waals surface area contributed by atoms with Crippen LogP contribution in [0.4, 0.5) is 5.69 Å². The molecule has 1 fully saturated rings. The average Bonchev–Trinajstić information content (AvgIpc) is 2.64. The van der Waals surface area contributed by atoms with E-state index in [1.807, 2.05) is 0 Å². The number of benzene rings is 1. The largest absolute Gasteiger partial charge is 0.382 e. The average molecular weight is 359 g/mol. The van der Waals surface area contributed by atoms with Gasteiger partial charge in [0.2, 0.25) is 11.8 Å². The van der Waals surface area contributed by atoms with Crippen LogP contribution in [0.15, 0.2) is 24.3 Å². The summed E-state index contributed by atoms with van der Waals surface area (Å²) in [6.07, 6.45) is 8.31. The van der Waals surface area contributed by atoms with E-state index in [0.717, 1.165) is 19.3 Å². The second-order valence-corrected chi connectivity index (χ2v) is 6.70. The van der Waals surface area contributed by atoms with Crippen LogP contribution in [0, 0.1) is 12.3 Å². The van der Waals surface area contributed by atoms with Crippen LogP contribution in [0.3, 0.4) is 0 Å². The van der Waals surface area contributed by atoms with E-state index in [9.17, 15) is 14.4 Å². The topological polar surface area (TPSA) is 127 Å². The molecule has 0 aromatic heterocycles. The van der Waals surface area contributed by atoms with Crippen molar-refractivity contribution in [3.8, 4) is 0 Å². The first kappa shape index (κ1) is 19.8. The van der Waals surface area contributed by atoms with Crippen LogP contribution < -0.4 is 22.1 Å². The maximum Gasteiger partial charge on any atom is 0.250 e. The van der Waals surface area contributed by atoms with Gasteiger partial charge in [-0.1, -0.05) is 44.2 Å². The van der Waals surface area contributed by atoms with Crippen molar-refractivity contribution < 1.29 is 14.4 Å². The third-order valence-corrected chi connectivity index (χ3v) is 4.71. The van der Waals surface area contributed by atoms with Gasteiger partial charge in [-0.25, -0.2) is 0 Å². The lowest BCUT2D eigenvalue weighted by atomic mass is 9.86. The molecule has 3 amide bonds. The minimum absolute atomic E-state index is 0.0721. The molecular weight excluding hydrogens is 332 g/mol. The number of hydrogen-bond acceptors (Lipinski definition) is 4. The Kier molecular flexibility index (Phi) is 7.44. The molecule has 1 saturated carbocycles. The second-order valence-electron chi connectivity index (χ2n) is 6.70. The highest BCUT2D eigenvalue weighted by molar-refractivity contribution is 5.98. The summed E-state index contributed by atoms with van der Waals surface area (Å²) in [4.78, 5) is 35.2. The van der Waals surface area contributed by atoms with Gasteiger partial charge in [-0.05, 0) is 24.5 Å². The molecule has 0 spiro atoms. The molecule has 1 atom stereocenters. The van der Waals surface area contributed by atoms with Crippen molar-refractivity contribution in [2.24, 2.45) is 17.4 Å². The number of hydrogen-bond donors (Lipinski definition) is 4. The third kappa shape index (κ3) is 6.06. The van der Waals surface area contributed by atoms with Crippen LogP contribution in [0.5, 0.6) is 0 Å². The number of nitrogens with two attached hydrogens (primary N) is 2. The minimum Gasteiger partial charge on any atom is -0.382 e. The van der Waals surface area contributed by atoms with Gasteiger partial charge in [-0.2, -0.15) is 0 Å². The molecule has 1 radical (unpaired) electrons. The van der Waals surface area contributed by atoms with Gasteiger partial charge >= 0.3 is 0 Å². The molecule has 0 bridgehead atoms. The summed E-state index contributed by atoms with van der Waals surface area (Å²) >= 11 is 0. The second kappa shape index (κ2) is 9.79. The van der Waals surface area contributed by atoms with E-state index in [4.69, 9.17) is 11.5 Å². The van der Waals surface area contributed by atoms with Gasteiger partial charge in [-0.3, -0.25) is 14.4 Å². The zero-order valence-electron chi connectivity index (χ0n) is 14.9. The van der Waals surface area contributed by atoms with Crippen molar-refractivity contribution in [1.82, 2.24) is 5.32 Å². The Labute approximate surface area is 153 Å². The lowest BCUT2D eigenvalue weighted by Crippen LogP contribution is -2.48. The molecule has 0 saturated heterocycles. The van der Waals surface area contributed by atoms with Crippen LogP contribution in [0.2, 0.25) is 0 Å². The van der Waals surface area contributed by atoms with Gasteiger partial charge in [0.1, 0.15) is 6.04 Å². The van der Waals surface area contributed by atoms with E-state index in [1.54, 1.807) is 30.7 Å². The van der Waals surface area contributed by atoms with Gasteiger partial charge in [0.25, 0.3) is 5.91 Å². The van der Waals surface area contributed by atoms with Gasteiger partial charge < -0.3 is 22.1 Å². The van der Waals surface area contributed by atoms with Crippen molar-refractivity contribution in [3.63, 3.8) is 0 Å². The van der Waals surface area contributed by atoms with Crippen LogP contribution in [-0.2, 0) is 9.59 Å². The van der Waals surface area contributed by atoms with E-state index in [-0.39, 0.29) is 12.5 Å². The molecule has 6 N–H and O–H groups in total. The van der Waals surface area contributed by atoms with E-state index in [1.165, 1.54) is 19.3 Å². The Morgan fingerprint density at radius 2 is 1.81 bits per heavy atom. The van der Waals surface area contributed by atoms with Crippen molar-refractivity contribution >= 4 is 23.4 Å². The predicted octanol–water partition coefficient (Wildman–Crippen LogP) is 1.34. The number of amides is 3. The number of anilines is 1. The van der Waals surface area contributed by atoms with E-state index >= 15 is 0 Å². The Hall–Kier alpha value is -2.57. The first-order valence-corrected chi connectivity index (χ1v) is 9.03. The van der Waals surface area contributed by atoms with Crippen LogP contribution in [-0.4, -0.2) is 30.3 Å².